The van der Waals surface area contributed by atoms with Crippen LogP contribution in [0.2, 0.25) is 0 Å². The smallest absolute Gasteiger partial charge is 0.411 e. The van der Waals surface area contributed by atoms with Crippen LogP contribution >= 0.6 is 0 Å². The minimum Gasteiger partial charge on any atom is -0.448 e. The highest BCUT2D eigenvalue weighted by Gasteiger charge is 2.38. The monoisotopic (exact) mass is 664 g/mol. The number of nitrogens with zero attached hydrogens (tertiary/aromatic N) is 1. The first-order valence-electron chi connectivity index (χ1n) is 14.6. The van der Waals surface area contributed by atoms with Crippen LogP contribution in [0, 0.1) is 26.2 Å². The zero-order chi connectivity index (χ0) is 35.1. The Bertz CT molecular complexity index is 1640. The van der Waals surface area contributed by atoms with Crippen molar-refractivity contribution in [2.45, 2.75) is 27.2 Å². The molecule has 2 amide bonds. The number of aliphatic hydroxyl groups is 2. The number of carbonyl (C=O) groups excluding carboxylic acids is 3. The van der Waals surface area contributed by atoms with Gasteiger partial charge in [0.15, 0.2) is 0 Å². The fourth-order valence-corrected chi connectivity index (χ4v) is 4.62. The van der Waals surface area contributed by atoms with Gasteiger partial charge in [0, 0.05) is 28.4 Å². The Hall–Kier alpha value is -5.44. The van der Waals surface area contributed by atoms with Crippen LogP contribution in [0.25, 0.3) is 0 Å². The molecule has 256 valence electrons. The predicted octanol–water partition coefficient (Wildman–Crippen LogP) is 4.93. The summed E-state index contributed by atoms with van der Waals surface area (Å²) in [5.74, 6) is 0. The molecule has 3 rings (SSSR count). The van der Waals surface area contributed by atoms with Crippen LogP contribution in [-0.2, 0) is 30.6 Å². The van der Waals surface area contributed by atoms with E-state index in [1.54, 1.807) is 43.3 Å². The van der Waals surface area contributed by atoms with Crippen molar-refractivity contribution in [3.05, 3.63) is 89.1 Å². The van der Waals surface area contributed by atoms with Crippen molar-refractivity contribution in [1.29, 1.82) is 0 Å². The lowest BCUT2D eigenvalue weighted by Crippen LogP contribution is -2.43. The summed E-state index contributed by atoms with van der Waals surface area (Å²) in [6, 6.07) is 15.3. The van der Waals surface area contributed by atoms with Gasteiger partial charge in [0.2, 0.25) is 6.08 Å². The van der Waals surface area contributed by atoms with Crippen molar-refractivity contribution in [1.82, 2.24) is 5.48 Å². The minimum atomic E-state index is -1.35. The number of isocyanates is 1. The summed E-state index contributed by atoms with van der Waals surface area (Å²) in [7, 11) is 1.27. The first-order valence-corrected chi connectivity index (χ1v) is 14.6. The lowest BCUT2D eigenvalue weighted by molar-refractivity contribution is -0.312. The van der Waals surface area contributed by atoms with Crippen LogP contribution in [0.5, 0.6) is 0 Å². The zero-order valence-electron chi connectivity index (χ0n) is 27.1. The molecule has 3 aromatic rings. The number of nitrogens with one attached hydrogen (secondary N) is 5. The molecule has 3 aromatic carbocycles. The van der Waals surface area contributed by atoms with E-state index in [1.165, 1.54) is 19.3 Å². The predicted molar refractivity (Wildman–Crippen MR) is 179 cm³/mol. The topological polar surface area (TPSA) is 201 Å². The van der Waals surface area contributed by atoms with Gasteiger partial charge in [-0.25, -0.2) is 24.8 Å². The van der Waals surface area contributed by atoms with E-state index in [1.807, 2.05) is 26.0 Å². The van der Waals surface area contributed by atoms with Gasteiger partial charge < -0.3 is 30.3 Å². The van der Waals surface area contributed by atoms with E-state index in [0.717, 1.165) is 11.1 Å². The Morgan fingerprint density at radius 3 is 1.94 bits per heavy atom. The summed E-state index contributed by atoms with van der Waals surface area (Å²) in [5, 5.41) is 29.7. The number of aryl methyl sites for hydroxylation is 3. The van der Waals surface area contributed by atoms with Crippen LogP contribution < -0.4 is 26.7 Å². The standard InChI is InChI=1S/C33H40N6O9/c1-21-6-9-25(12-28(21)34-18-40)15-33(24(4)39-48-45-5,16-46-31(43)37-26-10-7-22(2)29(13-26)35-19-41)17-47-32(44)38-27-11-8-23(3)30(14-27)36-20-42/h6-14,34-35,39-41H,4,15-19H2,1-3,5H3,(H,37,43)(H,38,44). The first kappa shape index (κ1) is 37.0. The molecule has 0 bridgehead atoms. The maximum absolute atomic E-state index is 13.1. The molecule has 15 nitrogen and oxygen atoms in total. The number of amides is 2. The molecule has 0 aliphatic heterocycles. The van der Waals surface area contributed by atoms with Gasteiger partial charge in [-0.2, -0.15) is 4.99 Å². The minimum absolute atomic E-state index is 0.102. The summed E-state index contributed by atoms with van der Waals surface area (Å²) in [6.07, 6.45) is -0.0956. The molecule has 0 radical (unpaired) electrons. The van der Waals surface area contributed by atoms with Crippen LogP contribution in [0.4, 0.5) is 38.0 Å². The van der Waals surface area contributed by atoms with Crippen molar-refractivity contribution in [2.24, 2.45) is 10.4 Å². The van der Waals surface area contributed by atoms with Gasteiger partial charge in [-0.15, -0.1) is 4.99 Å². The highest BCUT2D eigenvalue weighted by molar-refractivity contribution is 5.86. The van der Waals surface area contributed by atoms with E-state index in [9.17, 15) is 24.6 Å². The SMILES string of the molecule is C=C(NOOC)C(COC(=O)Nc1ccc(C)c(N=C=O)c1)(COC(=O)Nc1ccc(C)c(NCO)c1)Cc1ccc(C)c(NCO)c1. The van der Waals surface area contributed by atoms with Gasteiger partial charge in [-0.3, -0.25) is 10.6 Å². The number of aliphatic imine (C=N–C) groups is 1. The molecular formula is C33H40N6O9. The van der Waals surface area contributed by atoms with Crippen LogP contribution in [0.3, 0.4) is 0 Å². The average Bonchev–Trinajstić information content (AvgIpc) is 3.06. The molecule has 0 saturated heterocycles. The maximum Gasteiger partial charge on any atom is 0.411 e. The van der Waals surface area contributed by atoms with E-state index < -0.39 is 17.6 Å². The van der Waals surface area contributed by atoms with Gasteiger partial charge in [0.25, 0.3) is 0 Å². The molecule has 0 aliphatic carbocycles. The average molecular weight is 665 g/mol. The molecular weight excluding hydrogens is 624 g/mol. The fourth-order valence-electron chi connectivity index (χ4n) is 4.62. The van der Waals surface area contributed by atoms with E-state index in [2.05, 4.69) is 38.3 Å². The second-order valence-corrected chi connectivity index (χ2v) is 10.7. The Morgan fingerprint density at radius 2 is 1.38 bits per heavy atom. The van der Waals surface area contributed by atoms with Gasteiger partial charge in [-0.05, 0) is 79.8 Å². The number of rotatable bonds is 17. The van der Waals surface area contributed by atoms with Gasteiger partial charge in [-0.1, -0.05) is 30.8 Å². The Labute approximate surface area is 277 Å². The third-order valence-corrected chi connectivity index (χ3v) is 7.34. The number of carbonyl (C=O) groups is 2. The Morgan fingerprint density at radius 1 is 0.833 bits per heavy atom. The van der Waals surface area contributed by atoms with Crippen molar-refractivity contribution in [3.8, 4) is 0 Å². The largest absolute Gasteiger partial charge is 0.448 e. The number of aliphatic hydroxyl groups excluding tert-OH is 2. The normalized spacial score (nSPS) is 11.7. The highest BCUT2D eigenvalue weighted by atomic mass is 17.3. The number of hydrogen-bond acceptors (Lipinski definition) is 13. The molecule has 1 unspecified atom stereocenters. The van der Waals surface area contributed by atoms with E-state index in [0.29, 0.717) is 39.6 Å². The molecule has 0 heterocycles. The lowest BCUT2D eigenvalue weighted by atomic mass is 9.80. The van der Waals surface area contributed by atoms with Crippen LogP contribution in [0.15, 0.2) is 71.9 Å². The molecule has 0 saturated carbocycles. The number of ether oxygens (including phenoxy) is 2. The lowest BCUT2D eigenvalue weighted by Gasteiger charge is -2.34. The zero-order valence-corrected chi connectivity index (χ0v) is 27.1. The third-order valence-electron chi connectivity index (χ3n) is 7.34. The maximum atomic E-state index is 13.1. The second-order valence-electron chi connectivity index (χ2n) is 10.7. The van der Waals surface area contributed by atoms with E-state index in [4.69, 9.17) is 19.3 Å². The summed E-state index contributed by atoms with van der Waals surface area (Å²) in [5.41, 5.74) is 6.80. The van der Waals surface area contributed by atoms with Gasteiger partial charge in [0.1, 0.15) is 26.7 Å². The second kappa shape index (κ2) is 18.0. The summed E-state index contributed by atoms with van der Waals surface area (Å²) >= 11 is 0. The van der Waals surface area contributed by atoms with Crippen LogP contribution in [0.1, 0.15) is 22.3 Å². The molecule has 0 fully saturated rings. The van der Waals surface area contributed by atoms with E-state index in [-0.39, 0.29) is 38.8 Å². The number of hydroxylamine groups is 1. The Balaban J connectivity index is 1.92. The summed E-state index contributed by atoms with van der Waals surface area (Å²) in [4.78, 5) is 50.2. The van der Waals surface area contributed by atoms with Crippen molar-refractivity contribution in [3.63, 3.8) is 0 Å². The van der Waals surface area contributed by atoms with E-state index >= 15 is 0 Å². The van der Waals surface area contributed by atoms with Crippen molar-refractivity contribution >= 4 is 46.7 Å². The molecule has 0 spiro atoms. The van der Waals surface area contributed by atoms with Crippen molar-refractivity contribution < 1.29 is 43.9 Å². The Kier molecular flexibility index (Phi) is 13.9. The van der Waals surface area contributed by atoms with Gasteiger partial charge >= 0.3 is 12.2 Å². The molecule has 7 N–H and O–H groups in total. The fraction of sp³-hybridized carbons (Fsp3) is 0.303. The highest BCUT2D eigenvalue weighted by Crippen LogP contribution is 2.33. The number of anilines is 4. The molecule has 15 heteroatoms. The van der Waals surface area contributed by atoms with Crippen LogP contribution in [-0.4, -0.2) is 62.3 Å². The number of hydrogen-bond donors (Lipinski definition) is 7. The van der Waals surface area contributed by atoms with Gasteiger partial charge in [0.05, 0.1) is 18.2 Å². The number of benzene rings is 3. The molecule has 0 aliphatic rings. The first-order chi connectivity index (χ1) is 23.0. The van der Waals surface area contributed by atoms with Crippen molar-refractivity contribution in [2.75, 3.05) is 55.1 Å². The molecule has 1 atom stereocenters. The summed E-state index contributed by atoms with van der Waals surface area (Å²) < 4.78 is 11.4. The molecule has 0 aromatic heterocycles. The quantitative estimate of drug-likeness (QED) is 0.0338. The summed E-state index contributed by atoms with van der Waals surface area (Å²) in [6.45, 7) is 8.20. The third kappa shape index (κ3) is 10.6. The molecule has 48 heavy (non-hydrogen) atoms.